The van der Waals surface area contributed by atoms with Crippen molar-refractivity contribution in [1.29, 1.82) is 0 Å². The zero-order valence-electron chi connectivity index (χ0n) is 19.5. The number of benzene rings is 1. The van der Waals surface area contributed by atoms with E-state index in [0.29, 0.717) is 37.3 Å². The van der Waals surface area contributed by atoms with Gasteiger partial charge in [-0.3, -0.25) is 9.59 Å². The Morgan fingerprint density at radius 3 is 2.48 bits per heavy atom. The van der Waals surface area contributed by atoms with E-state index in [2.05, 4.69) is 31.4 Å². The number of rotatable bonds is 11. The summed E-state index contributed by atoms with van der Waals surface area (Å²) in [7, 11) is 0. The van der Waals surface area contributed by atoms with E-state index in [1.54, 1.807) is 0 Å². The van der Waals surface area contributed by atoms with Crippen molar-refractivity contribution >= 4 is 11.8 Å². The standard InChI is InChI=1S/C25H42N4O2/c1-17(2)20-13-12-18(3)15-21(20)24(30)28-16-23(19-9-5-4-6-10-19)29-25(31)22(27)11-7-8-14-26/h4-6,9-10,17-18,20-23H,7-8,11-16,26-27H2,1-3H3,(H,28,30)(H,29,31)/t18-,20+,21-,22?,23?/m1/s1. The smallest absolute Gasteiger partial charge is 0.237 e. The lowest BCUT2D eigenvalue weighted by Gasteiger charge is -2.36. The molecule has 6 heteroatoms. The number of carbonyl (C=O) groups is 2. The second-order valence-corrected chi connectivity index (χ2v) is 9.54. The van der Waals surface area contributed by atoms with Crippen LogP contribution in [0, 0.1) is 23.7 Å². The molecule has 1 aliphatic carbocycles. The zero-order valence-corrected chi connectivity index (χ0v) is 19.5. The Bertz CT molecular complexity index is 679. The minimum absolute atomic E-state index is 0.0365. The highest BCUT2D eigenvalue weighted by molar-refractivity contribution is 5.82. The highest BCUT2D eigenvalue weighted by Crippen LogP contribution is 2.38. The van der Waals surface area contributed by atoms with E-state index in [9.17, 15) is 9.59 Å². The molecule has 31 heavy (non-hydrogen) atoms. The van der Waals surface area contributed by atoms with Gasteiger partial charge in [-0.2, -0.15) is 0 Å². The van der Waals surface area contributed by atoms with Gasteiger partial charge in [0, 0.05) is 12.5 Å². The van der Waals surface area contributed by atoms with E-state index < -0.39 is 6.04 Å². The summed E-state index contributed by atoms with van der Waals surface area (Å²) in [6.07, 6.45) is 5.52. The van der Waals surface area contributed by atoms with Crippen LogP contribution in [-0.2, 0) is 9.59 Å². The summed E-state index contributed by atoms with van der Waals surface area (Å²) in [6, 6.07) is 8.88. The molecule has 1 fully saturated rings. The minimum Gasteiger partial charge on any atom is -0.353 e. The second kappa shape index (κ2) is 12.8. The Balaban J connectivity index is 2.02. The van der Waals surface area contributed by atoms with E-state index >= 15 is 0 Å². The third kappa shape index (κ3) is 7.93. The SMILES string of the molecule is CC(C)[C@@H]1CC[C@@H](C)C[C@H]1C(=O)NCC(NC(=O)C(N)CCCCN)c1ccccc1. The summed E-state index contributed by atoms with van der Waals surface area (Å²) >= 11 is 0. The first-order valence-corrected chi connectivity index (χ1v) is 11.9. The third-order valence-corrected chi connectivity index (χ3v) is 6.66. The number of carbonyl (C=O) groups excluding carboxylic acids is 2. The van der Waals surface area contributed by atoms with Crippen molar-refractivity contribution in [1.82, 2.24) is 10.6 Å². The fourth-order valence-electron chi connectivity index (χ4n) is 4.69. The van der Waals surface area contributed by atoms with Crippen LogP contribution in [0.2, 0.25) is 0 Å². The molecule has 1 saturated carbocycles. The third-order valence-electron chi connectivity index (χ3n) is 6.66. The minimum atomic E-state index is -0.571. The summed E-state index contributed by atoms with van der Waals surface area (Å²) in [6.45, 7) is 7.61. The van der Waals surface area contributed by atoms with E-state index in [1.165, 1.54) is 6.42 Å². The fourth-order valence-corrected chi connectivity index (χ4v) is 4.69. The Kier molecular flexibility index (Phi) is 10.5. The predicted octanol–water partition coefficient (Wildman–Crippen LogP) is 3.12. The summed E-state index contributed by atoms with van der Waals surface area (Å²) in [5.74, 6) is 1.42. The van der Waals surface area contributed by atoms with Crippen LogP contribution >= 0.6 is 0 Å². The molecule has 6 N–H and O–H groups in total. The van der Waals surface area contributed by atoms with Crippen LogP contribution in [0.25, 0.3) is 0 Å². The number of nitrogens with two attached hydrogens (primary N) is 2. The Morgan fingerprint density at radius 1 is 1.13 bits per heavy atom. The van der Waals surface area contributed by atoms with E-state index in [4.69, 9.17) is 11.5 Å². The summed E-state index contributed by atoms with van der Waals surface area (Å²) in [4.78, 5) is 25.8. The van der Waals surface area contributed by atoms with Crippen LogP contribution in [0.1, 0.15) is 70.9 Å². The molecule has 0 heterocycles. The Labute approximate surface area is 187 Å². The Morgan fingerprint density at radius 2 is 1.84 bits per heavy atom. The van der Waals surface area contributed by atoms with Gasteiger partial charge in [-0.15, -0.1) is 0 Å². The van der Waals surface area contributed by atoms with Gasteiger partial charge in [0.15, 0.2) is 0 Å². The molecule has 0 spiro atoms. The number of hydrogen-bond donors (Lipinski definition) is 4. The molecular formula is C25H42N4O2. The number of nitrogens with one attached hydrogen (secondary N) is 2. The molecule has 1 aromatic carbocycles. The average Bonchev–Trinajstić information content (AvgIpc) is 2.76. The van der Waals surface area contributed by atoms with Crippen molar-refractivity contribution in [2.24, 2.45) is 35.1 Å². The molecular weight excluding hydrogens is 388 g/mol. The molecule has 2 amide bonds. The van der Waals surface area contributed by atoms with Gasteiger partial charge in [-0.25, -0.2) is 0 Å². The second-order valence-electron chi connectivity index (χ2n) is 9.54. The van der Waals surface area contributed by atoms with Gasteiger partial charge in [-0.05, 0) is 55.5 Å². The lowest BCUT2D eigenvalue weighted by molar-refractivity contribution is -0.130. The quantitative estimate of drug-likeness (QED) is 0.404. The predicted molar refractivity (Wildman–Crippen MR) is 126 cm³/mol. The molecule has 1 aromatic rings. The van der Waals surface area contributed by atoms with Crippen molar-refractivity contribution in [3.8, 4) is 0 Å². The van der Waals surface area contributed by atoms with Crippen molar-refractivity contribution in [3.05, 3.63) is 35.9 Å². The molecule has 2 rings (SSSR count). The van der Waals surface area contributed by atoms with Crippen LogP contribution < -0.4 is 22.1 Å². The van der Waals surface area contributed by atoms with Crippen LogP contribution in [0.3, 0.4) is 0 Å². The van der Waals surface area contributed by atoms with E-state index in [-0.39, 0.29) is 23.8 Å². The van der Waals surface area contributed by atoms with E-state index in [0.717, 1.165) is 31.2 Å². The monoisotopic (exact) mass is 430 g/mol. The molecule has 0 bridgehead atoms. The van der Waals surface area contributed by atoms with Gasteiger partial charge in [0.1, 0.15) is 0 Å². The molecule has 1 aliphatic rings. The number of unbranched alkanes of at least 4 members (excludes halogenated alkanes) is 1. The molecule has 0 saturated heterocycles. The van der Waals surface area contributed by atoms with Gasteiger partial charge in [0.25, 0.3) is 0 Å². The van der Waals surface area contributed by atoms with Gasteiger partial charge < -0.3 is 22.1 Å². The topological polar surface area (TPSA) is 110 Å². The highest BCUT2D eigenvalue weighted by Gasteiger charge is 2.35. The van der Waals surface area contributed by atoms with E-state index in [1.807, 2.05) is 30.3 Å². The van der Waals surface area contributed by atoms with Crippen molar-refractivity contribution in [2.45, 2.75) is 71.4 Å². The number of hydrogen-bond acceptors (Lipinski definition) is 4. The molecule has 5 atom stereocenters. The maximum Gasteiger partial charge on any atom is 0.237 e. The Hall–Kier alpha value is -1.92. The van der Waals surface area contributed by atoms with Crippen LogP contribution in [0.5, 0.6) is 0 Å². The van der Waals surface area contributed by atoms with Crippen LogP contribution in [0.15, 0.2) is 30.3 Å². The molecule has 0 radical (unpaired) electrons. The number of amides is 2. The molecule has 174 valence electrons. The average molecular weight is 431 g/mol. The lowest BCUT2D eigenvalue weighted by atomic mass is 9.70. The molecule has 0 aliphatic heterocycles. The first-order chi connectivity index (χ1) is 14.8. The molecule has 2 unspecified atom stereocenters. The summed E-state index contributed by atoms with van der Waals surface area (Å²) in [5, 5.41) is 6.19. The molecule has 6 nitrogen and oxygen atoms in total. The van der Waals surface area contributed by atoms with Gasteiger partial charge >= 0.3 is 0 Å². The van der Waals surface area contributed by atoms with Crippen LogP contribution in [0.4, 0.5) is 0 Å². The first-order valence-electron chi connectivity index (χ1n) is 11.9. The highest BCUT2D eigenvalue weighted by atomic mass is 16.2. The molecule has 0 aromatic heterocycles. The van der Waals surface area contributed by atoms with Gasteiger partial charge in [-0.1, -0.05) is 63.9 Å². The largest absolute Gasteiger partial charge is 0.353 e. The van der Waals surface area contributed by atoms with Crippen molar-refractivity contribution < 1.29 is 9.59 Å². The zero-order chi connectivity index (χ0) is 22.8. The fraction of sp³-hybridized carbons (Fsp3) is 0.680. The van der Waals surface area contributed by atoms with Crippen molar-refractivity contribution in [3.63, 3.8) is 0 Å². The lowest BCUT2D eigenvalue weighted by Crippen LogP contribution is -2.47. The van der Waals surface area contributed by atoms with Gasteiger partial charge in [0.05, 0.1) is 12.1 Å². The summed E-state index contributed by atoms with van der Waals surface area (Å²) < 4.78 is 0. The van der Waals surface area contributed by atoms with Gasteiger partial charge in [0.2, 0.25) is 11.8 Å². The summed E-state index contributed by atoms with van der Waals surface area (Å²) in [5.41, 5.74) is 12.6. The maximum atomic E-state index is 13.1. The first kappa shape index (κ1) is 25.3. The normalized spacial score (nSPS) is 23.2. The van der Waals surface area contributed by atoms with Crippen molar-refractivity contribution in [2.75, 3.05) is 13.1 Å². The maximum absolute atomic E-state index is 13.1. The van der Waals surface area contributed by atoms with Crippen LogP contribution in [-0.4, -0.2) is 30.9 Å².